The molecule has 0 radical (unpaired) electrons. The van der Waals surface area contributed by atoms with Crippen LogP contribution in [0.2, 0.25) is 0 Å². The number of hydrogen-bond acceptors (Lipinski definition) is 4. The fourth-order valence-electron chi connectivity index (χ4n) is 2.91. The number of carbonyl (C=O) groups is 1. The highest BCUT2D eigenvalue weighted by Crippen LogP contribution is 2.33. The van der Waals surface area contributed by atoms with Crippen molar-refractivity contribution in [1.29, 1.82) is 0 Å². The Morgan fingerprint density at radius 3 is 2.28 bits per heavy atom. The van der Waals surface area contributed by atoms with E-state index in [1.54, 1.807) is 13.2 Å². The van der Waals surface area contributed by atoms with Crippen LogP contribution < -0.4 is 9.64 Å². The number of nitrogens with zero attached hydrogens (tertiary/aromatic N) is 1. The van der Waals surface area contributed by atoms with Crippen molar-refractivity contribution in [3.63, 3.8) is 0 Å². The lowest BCUT2D eigenvalue weighted by Crippen LogP contribution is -2.12. The van der Waals surface area contributed by atoms with Gasteiger partial charge in [0.25, 0.3) is 0 Å². The van der Waals surface area contributed by atoms with E-state index >= 15 is 0 Å². The number of fused-ring (bicyclic) bond motifs is 1. The Hall–Kier alpha value is -3.01. The number of carbonyl (C=O) groups excluding carboxylic acids is 1. The Morgan fingerprint density at radius 2 is 1.60 bits per heavy atom. The highest BCUT2D eigenvalue weighted by Gasteiger charge is 2.13. The Morgan fingerprint density at radius 1 is 0.880 bits per heavy atom. The molecular formula is C21H21NO3. The molecule has 0 fully saturated rings. The Balaban J connectivity index is 2.11. The Kier molecular flexibility index (Phi) is 4.61. The van der Waals surface area contributed by atoms with E-state index in [-0.39, 0.29) is 5.97 Å². The zero-order valence-corrected chi connectivity index (χ0v) is 14.9. The molecule has 0 saturated heterocycles. The van der Waals surface area contributed by atoms with Crippen LogP contribution in [0.4, 0.5) is 5.69 Å². The summed E-state index contributed by atoms with van der Waals surface area (Å²) in [4.78, 5) is 13.8. The minimum Gasteiger partial charge on any atom is -0.497 e. The van der Waals surface area contributed by atoms with Gasteiger partial charge in [-0.1, -0.05) is 24.3 Å². The zero-order valence-electron chi connectivity index (χ0n) is 14.9. The first-order valence-electron chi connectivity index (χ1n) is 8.01. The van der Waals surface area contributed by atoms with Gasteiger partial charge in [-0.2, -0.15) is 0 Å². The number of methoxy groups -OCH3 is 2. The van der Waals surface area contributed by atoms with Gasteiger partial charge in [-0.05, 0) is 46.7 Å². The first-order chi connectivity index (χ1) is 12.0. The van der Waals surface area contributed by atoms with Gasteiger partial charge in [-0.3, -0.25) is 0 Å². The van der Waals surface area contributed by atoms with Crippen molar-refractivity contribution in [3.8, 4) is 16.9 Å². The third kappa shape index (κ3) is 3.29. The number of rotatable bonds is 4. The summed E-state index contributed by atoms with van der Waals surface area (Å²) >= 11 is 0. The van der Waals surface area contributed by atoms with Gasteiger partial charge < -0.3 is 14.4 Å². The summed E-state index contributed by atoms with van der Waals surface area (Å²) in [5.41, 5.74) is 3.67. The van der Waals surface area contributed by atoms with E-state index in [9.17, 15) is 4.79 Å². The molecule has 3 aromatic rings. The molecule has 0 atom stereocenters. The van der Waals surface area contributed by atoms with Crippen LogP contribution in [-0.2, 0) is 4.74 Å². The molecule has 25 heavy (non-hydrogen) atoms. The lowest BCUT2D eigenvalue weighted by Gasteiger charge is -2.19. The maximum atomic E-state index is 11.8. The van der Waals surface area contributed by atoms with Gasteiger partial charge in [0, 0.05) is 25.3 Å². The van der Waals surface area contributed by atoms with Crippen molar-refractivity contribution in [2.75, 3.05) is 33.2 Å². The SMILES string of the molecule is COC(=O)c1ccc(-c2ccc3cc(OC)ccc3c2)c(N(C)C)c1. The zero-order chi connectivity index (χ0) is 18.0. The molecule has 0 saturated carbocycles. The fourth-order valence-corrected chi connectivity index (χ4v) is 2.91. The first-order valence-corrected chi connectivity index (χ1v) is 8.01. The molecule has 0 aliphatic carbocycles. The van der Waals surface area contributed by atoms with Crippen molar-refractivity contribution in [2.45, 2.75) is 0 Å². The van der Waals surface area contributed by atoms with Gasteiger partial charge in [0.1, 0.15) is 5.75 Å². The van der Waals surface area contributed by atoms with Crippen LogP contribution in [0.15, 0.2) is 54.6 Å². The lowest BCUT2D eigenvalue weighted by molar-refractivity contribution is 0.0601. The molecule has 0 aliphatic heterocycles. The summed E-state index contributed by atoms with van der Waals surface area (Å²) in [5.74, 6) is 0.511. The normalized spacial score (nSPS) is 10.6. The van der Waals surface area contributed by atoms with Crippen LogP contribution in [-0.4, -0.2) is 34.3 Å². The maximum absolute atomic E-state index is 11.8. The van der Waals surface area contributed by atoms with Gasteiger partial charge in [0.2, 0.25) is 0 Å². The average Bonchev–Trinajstić information content (AvgIpc) is 2.65. The molecular weight excluding hydrogens is 314 g/mol. The smallest absolute Gasteiger partial charge is 0.337 e. The van der Waals surface area contributed by atoms with Crippen LogP contribution >= 0.6 is 0 Å². The molecule has 0 bridgehead atoms. The summed E-state index contributed by atoms with van der Waals surface area (Å²) in [5, 5.41) is 2.26. The molecule has 0 unspecified atom stereocenters. The molecule has 0 aromatic heterocycles. The molecule has 128 valence electrons. The second-order valence-electron chi connectivity index (χ2n) is 6.05. The number of benzene rings is 3. The third-order valence-electron chi connectivity index (χ3n) is 4.26. The second-order valence-corrected chi connectivity index (χ2v) is 6.05. The van der Waals surface area contributed by atoms with E-state index in [0.717, 1.165) is 33.3 Å². The standard InChI is InChI=1S/C21H21NO3/c1-22(2)20-13-17(21(23)25-4)8-10-19(20)16-6-5-15-12-18(24-3)9-7-14(15)11-16/h5-13H,1-4H3. The van der Waals surface area contributed by atoms with Crippen molar-refractivity contribution < 1.29 is 14.3 Å². The van der Waals surface area contributed by atoms with Crippen molar-refractivity contribution in [2.24, 2.45) is 0 Å². The van der Waals surface area contributed by atoms with Crippen LogP contribution in [0.25, 0.3) is 21.9 Å². The van der Waals surface area contributed by atoms with Crippen LogP contribution in [0.1, 0.15) is 10.4 Å². The second kappa shape index (κ2) is 6.85. The molecule has 0 spiro atoms. The summed E-state index contributed by atoms with van der Waals surface area (Å²) in [6.45, 7) is 0. The third-order valence-corrected chi connectivity index (χ3v) is 4.26. The quantitative estimate of drug-likeness (QED) is 0.664. The summed E-state index contributed by atoms with van der Waals surface area (Å²) < 4.78 is 10.1. The Bertz CT molecular complexity index is 932. The van der Waals surface area contributed by atoms with Crippen molar-refractivity contribution >= 4 is 22.4 Å². The number of ether oxygens (including phenoxy) is 2. The van der Waals surface area contributed by atoms with Crippen molar-refractivity contribution in [1.82, 2.24) is 0 Å². The lowest BCUT2D eigenvalue weighted by atomic mass is 9.98. The summed E-state index contributed by atoms with van der Waals surface area (Å²) in [7, 11) is 6.99. The molecule has 0 N–H and O–H groups in total. The minimum absolute atomic E-state index is 0.333. The topological polar surface area (TPSA) is 38.8 Å². The predicted octanol–water partition coefficient (Wildman–Crippen LogP) is 4.37. The Labute approximate surface area is 147 Å². The maximum Gasteiger partial charge on any atom is 0.337 e. The molecule has 0 heterocycles. The van der Waals surface area contributed by atoms with E-state index in [4.69, 9.17) is 9.47 Å². The number of hydrogen-bond donors (Lipinski definition) is 0. The molecule has 0 aliphatic rings. The molecule has 0 amide bonds. The van der Waals surface area contributed by atoms with Gasteiger partial charge in [-0.15, -0.1) is 0 Å². The largest absolute Gasteiger partial charge is 0.497 e. The highest BCUT2D eigenvalue weighted by atomic mass is 16.5. The predicted molar refractivity (Wildman–Crippen MR) is 102 cm³/mol. The minimum atomic E-state index is -0.333. The van der Waals surface area contributed by atoms with E-state index in [2.05, 4.69) is 24.3 Å². The highest BCUT2D eigenvalue weighted by molar-refractivity contribution is 5.95. The monoisotopic (exact) mass is 335 g/mol. The van der Waals surface area contributed by atoms with E-state index in [1.807, 2.05) is 43.3 Å². The van der Waals surface area contributed by atoms with E-state index in [1.165, 1.54) is 7.11 Å². The number of esters is 1. The summed E-state index contributed by atoms with van der Waals surface area (Å²) in [6, 6.07) is 18.0. The molecule has 3 aromatic carbocycles. The molecule has 4 nitrogen and oxygen atoms in total. The number of anilines is 1. The first kappa shape index (κ1) is 16.8. The van der Waals surface area contributed by atoms with E-state index in [0.29, 0.717) is 5.56 Å². The van der Waals surface area contributed by atoms with Crippen LogP contribution in [0.5, 0.6) is 5.75 Å². The van der Waals surface area contributed by atoms with Crippen LogP contribution in [0.3, 0.4) is 0 Å². The van der Waals surface area contributed by atoms with Crippen LogP contribution in [0, 0.1) is 0 Å². The van der Waals surface area contributed by atoms with Gasteiger partial charge in [0.05, 0.1) is 19.8 Å². The fraction of sp³-hybridized carbons (Fsp3) is 0.190. The van der Waals surface area contributed by atoms with E-state index < -0.39 is 0 Å². The summed E-state index contributed by atoms with van der Waals surface area (Å²) in [6.07, 6.45) is 0. The van der Waals surface area contributed by atoms with Crippen molar-refractivity contribution in [3.05, 3.63) is 60.2 Å². The molecule has 3 rings (SSSR count). The molecule has 4 heteroatoms. The van der Waals surface area contributed by atoms with Gasteiger partial charge in [0.15, 0.2) is 0 Å². The van der Waals surface area contributed by atoms with Gasteiger partial charge >= 0.3 is 5.97 Å². The average molecular weight is 335 g/mol. The van der Waals surface area contributed by atoms with Gasteiger partial charge in [-0.25, -0.2) is 4.79 Å².